The smallest absolute Gasteiger partial charge is 0.248 e. The summed E-state index contributed by atoms with van der Waals surface area (Å²) in [6.45, 7) is 5.92. The van der Waals surface area contributed by atoms with Crippen molar-refractivity contribution < 1.29 is 22.5 Å². The molecule has 0 bridgehead atoms. The van der Waals surface area contributed by atoms with E-state index in [1.807, 2.05) is 4.90 Å². The van der Waals surface area contributed by atoms with E-state index in [-0.39, 0.29) is 40.9 Å². The fraction of sp³-hybridized carbons (Fsp3) is 0.737. The van der Waals surface area contributed by atoms with Crippen molar-refractivity contribution in [2.45, 2.75) is 44.4 Å². The van der Waals surface area contributed by atoms with Gasteiger partial charge in [-0.2, -0.15) is 4.31 Å². The van der Waals surface area contributed by atoms with E-state index >= 15 is 0 Å². The molecule has 1 aliphatic carbocycles. The second-order valence-electron chi connectivity index (χ2n) is 8.28. The van der Waals surface area contributed by atoms with Crippen LogP contribution in [0.2, 0.25) is 0 Å². The number of piperidine rings is 1. The molecule has 29 heavy (non-hydrogen) atoms. The van der Waals surface area contributed by atoms with Gasteiger partial charge in [0.05, 0.1) is 5.92 Å². The second kappa shape index (κ2) is 7.71. The highest BCUT2D eigenvalue weighted by atomic mass is 32.2. The molecule has 160 valence electrons. The first kappa shape index (κ1) is 20.3. The Labute approximate surface area is 171 Å². The summed E-state index contributed by atoms with van der Waals surface area (Å²) < 4.78 is 32.6. The van der Waals surface area contributed by atoms with E-state index in [0.29, 0.717) is 51.3 Å². The number of nitrogens with zero attached hydrogens (tertiary/aromatic N) is 4. The van der Waals surface area contributed by atoms with Gasteiger partial charge in [-0.25, -0.2) is 8.42 Å². The van der Waals surface area contributed by atoms with Gasteiger partial charge in [0.1, 0.15) is 10.6 Å². The van der Waals surface area contributed by atoms with Crippen LogP contribution in [-0.2, 0) is 19.6 Å². The molecule has 0 radical (unpaired) electrons. The zero-order chi connectivity index (χ0) is 20.8. The van der Waals surface area contributed by atoms with Gasteiger partial charge in [0.25, 0.3) is 0 Å². The maximum absolute atomic E-state index is 13.1. The summed E-state index contributed by atoms with van der Waals surface area (Å²) in [6.07, 6.45) is 3.28. The highest BCUT2D eigenvalue weighted by Crippen LogP contribution is 2.32. The SMILES string of the molecule is Cc1noc(C)c1S(=O)(=O)N1CCCC(C(=O)N2CCN(C(=O)C3CC3)CC2)C1. The highest BCUT2D eigenvalue weighted by Gasteiger charge is 2.39. The Bertz CT molecular complexity index is 880. The first-order valence-electron chi connectivity index (χ1n) is 10.3. The normalized spacial score (nSPS) is 24.0. The van der Waals surface area contributed by atoms with Crippen molar-refractivity contribution in [1.82, 2.24) is 19.3 Å². The van der Waals surface area contributed by atoms with Gasteiger partial charge in [-0.1, -0.05) is 5.16 Å². The Hall–Kier alpha value is -1.94. The number of aryl methyl sites for hydroxylation is 2. The van der Waals surface area contributed by atoms with Gasteiger partial charge in [-0.3, -0.25) is 9.59 Å². The van der Waals surface area contributed by atoms with Crippen LogP contribution in [0.15, 0.2) is 9.42 Å². The van der Waals surface area contributed by atoms with Crippen molar-refractivity contribution in [2.75, 3.05) is 39.3 Å². The van der Waals surface area contributed by atoms with E-state index in [4.69, 9.17) is 4.52 Å². The predicted octanol–water partition coefficient (Wildman–Crippen LogP) is 0.773. The lowest BCUT2D eigenvalue weighted by molar-refractivity contribution is -0.143. The first-order chi connectivity index (χ1) is 13.8. The van der Waals surface area contributed by atoms with Gasteiger partial charge in [0.2, 0.25) is 21.8 Å². The molecule has 1 aromatic rings. The third-order valence-electron chi connectivity index (χ3n) is 6.13. The molecule has 0 spiro atoms. The van der Waals surface area contributed by atoms with Crippen LogP contribution in [0.5, 0.6) is 0 Å². The van der Waals surface area contributed by atoms with Crippen molar-refractivity contribution in [3.63, 3.8) is 0 Å². The molecule has 1 atom stereocenters. The summed E-state index contributed by atoms with van der Waals surface area (Å²) in [7, 11) is -3.75. The predicted molar refractivity (Wildman–Crippen MR) is 103 cm³/mol. The summed E-state index contributed by atoms with van der Waals surface area (Å²) in [4.78, 5) is 29.0. The average molecular weight is 425 g/mol. The molecule has 4 rings (SSSR count). The molecule has 0 N–H and O–H groups in total. The summed E-state index contributed by atoms with van der Waals surface area (Å²) in [5, 5.41) is 3.75. The zero-order valence-corrected chi connectivity index (χ0v) is 17.8. The molecule has 10 heteroatoms. The topological polar surface area (TPSA) is 104 Å². The molecule has 2 saturated heterocycles. The largest absolute Gasteiger partial charge is 0.360 e. The van der Waals surface area contributed by atoms with Gasteiger partial charge < -0.3 is 14.3 Å². The molecular weight excluding hydrogens is 396 g/mol. The number of hydrogen-bond acceptors (Lipinski definition) is 6. The Balaban J connectivity index is 1.39. The van der Waals surface area contributed by atoms with Crippen molar-refractivity contribution in [3.8, 4) is 0 Å². The first-order valence-corrected chi connectivity index (χ1v) is 11.7. The minimum absolute atomic E-state index is 0.0119. The lowest BCUT2D eigenvalue weighted by atomic mass is 9.97. The van der Waals surface area contributed by atoms with E-state index in [0.717, 1.165) is 12.8 Å². The number of hydrogen-bond donors (Lipinski definition) is 0. The van der Waals surface area contributed by atoms with Gasteiger partial charge >= 0.3 is 0 Å². The van der Waals surface area contributed by atoms with E-state index < -0.39 is 10.0 Å². The molecule has 3 aliphatic rings. The number of piperazine rings is 1. The zero-order valence-electron chi connectivity index (χ0n) is 17.0. The summed E-state index contributed by atoms with van der Waals surface area (Å²) >= 11 is 0. The standard InChI is InChI=1S/C19H28N4O5S/c1-13-17(14(2)28-20-13)29(26,27)23-7-3-4-16(12-23)19(25)22-10-8-21(9-11-22)18(24)15-5-6-15/h15-16H,3-12H2,1-2H3. The maximum Gasteiger partial charge on any atom is 0.248 e. The Kier molecular flexibility index (Phi) is 5.41. The average Bonchev–Trinajstić information content (AvgIpc) is 3.51. The molecule has 1 saturated carbocycles. The third kappa shape index (κ3) is 3.92. The fourth-order valence-corrected chi connectivity index (χ4v) is 6.14. The molecule has 2 aliphatic heterocycles. The van der Waals surface area contributed by atoms with Crippen LogP contribution in [0.25, 0.3) is 0 Å². The summed E-state index contributed by atoms with van der Waals surface area (Å²) in [5.74, 6) is 0.310. The Morgan fingerprint density at radius 2 is 1.52 bits per heavy atom. The number of sulfonamides is 1. The van der Waals surface area contributed by atoms with Crippen molar-refractivity contribution in [2.24, 2.45) is 11.8 Å². The lowest BCUT2D eigenvalue weighted by Gasteiger charge is -2.38. The molecule has 0 aromatic carbocycles. The Morgan fingerprint density at radius 1 is 0.931 bits per heavy atom. The minimum Gasteiger partial charge on any atom is -0.360 e. The molecule has 2 amide bonds. The summed E-state index contributed by atoms with van der Waals surface area (Å²) in [5.41, 5.74) is 0.340. The van der Waals surface area contributed by atoms with Crippen molar-refractivity contribution in [3.05, 3.63) is 11.5 Å². The third-order valence-corrected chi connectivity index (χ3v) is 8.24. The highest BCUT2D eigenvalue weighted by molar-refractivity contribution is 7.89. The van der Waals surface area contributed by atoms with Gasteiger partial charge in [0, 0.05) is 45.2 Å². The maximum atomic E-state index is 13.1. The van der Waals surface area contributed by atoms with Gasteiger partial charge in [-0.15, -0.1) is 0 Å². The van der Waals surface area contributed by atoms with E-state index in [1.165, 1.54) is 4.31 Å². The van der Waals surface area contributed by atoms with Crippen LogP contribution in [0.1, 0.15) is 37.1 Å². The Morgan fingerprint density at radius 3 is 2.03 bits per heavy atom. The number of rotatable bonds is 4. The van der Waals surface area contributed by atoms with Crippen LogP contribution >= 0.6 is 0 Å². The monoisotopic (exact) mass is 424 g/mol. The molecule has 1 aromatic heterocycles. The van der Waals surface area contributed by atoms with Crippen LogP contribution in [0.3, 0.4) is 0 Å². The molecule has 9 nitrogen and oxygen atoms in total. The summed E-state index contributed by atoms with van der Waals surface area (Å²) in [6, 6.07) is 0. The minimum atomic E-state index is -3.75. The quantitative estimate of drug-likeness (QED) is 0.707. The number of carbonyl (C=O) groups excluding carboxylic acids is 2. The molecular formula is C19H28N4O5S. The van der Waals surface area contributed by atoms with Crippen molar-refractivity contribution >= 4 is 21.8 Å². The molecule has 3 fully saturated rings. The van der Waals surface area contributed by atoms with E-state index in [2.05, 4.69) is 5.16 Å². The second-order valence-corrected chi connectivity index (χ2v) is 10.2. The van der Waals surface area contributed by atoms with Gasteiger partial charge in [-0.05, 0) is 39.5 Å². The van der Waals surface area contributed by atoms with E-state index in [9.17, 15) is 18.0 Å². The number of aromatic nitrogens is 1. The van der Waals surface area contributed by atoms with Gasteiger partial charge in [0.15, 0.2) is 5.76 Å². The number of carbonyl (C=O) groups is 2. The van der Waals surface area contributed by atoms with Crippen LogP contribution < -0.4 is 0 Å². The van der Waals surface area contributed by atoms with Crippen LogP contribution in [0, 0.1) is 25.7 Å². The van der Waals surface area contributed by atoms with Crippen molar-refractivity contribution in [1.29, 1.82) is 0 Å². The number of amides is 2. The van der Waals surface area contributed by atoms with E-state index in [1.54, 1.807) is 18.7 Å². The lowest BCUT2D eigenvalue weighted by Crippen LogP contribution is -2.54. The van der Waals surface area contributed by atoms with Crippen LogP contribution in [0.4, 0.5) is 0 Å². The molecule has 3 heterocycles. The van der Waals surface area contributed by atoms with Crippen LogP contribution in [-0.4, -0.2) is 78.8 Å². The molecule has 1 unspecified atom stereocenters. The fourth-order valence-electron chi connectivity index (χ4n) is 4.33.